The van der Waals surface area contributed by atoms with Gasteiger partial charge in [0, 0.05) is 13.2 Å². The summed E-state index contributed by atoms with van der Waals surface area (Å²) in [6.45, 7) is 13.6. The van der Waals surface area contributed by atoms with Gasteiger partial charge in [-0.1, -0.05) is 26.8 Å². The predicted molar refractivity (Wildman–Crippen MR) is 194 cm³/mol. The number of ether oxygens (including phenoxy) is 10. The van der Waals surface area contributed by atoms with Gasteiger partial charge in [-0.3, -0.25) is 9.11 Å². The normalized spacial score (nSPS) is 12.4. The van der Waals surface area contributed by atoms with Crippen molar-refractivity contribution in [2.75, 3.05) is 130 Å². The van der Waals surface area contributed by atoms with E-state index in [1.807, 2.05) is 18.2 Å². The summed E-state index contributed by atoms with van der Waals surface area (Å²) in [6.07, 6.45) is 1.81. The molecule has 0 aliphatic rings. The smallest absolute Gasteiger partial charge is 0.264 e. The molecule has 0 aliphatic carbocycles. The Morgan fingerprint density at radius 2 is 0.750 bits per heavy atom. The summed E-state index contributed by atoms with van der Waals surface area (Å²) in [7, 11) is -7.82. The van der Waals surface area contributed by atoms with Gasteiger partial charge in [0.25, 0.3) is 20.2 Å². The van der Waals surface area contributed by atoms with Crippen LogP contribution >= 0.6 is 0 Å². The Balaban J connectivity index is 2.08. The first-order valence-electron chi connectivity index (χ1n) is 17.7. The van der Waals surface area contributed by atoms with Crippen LogP contribution in [-0.4, -0.2) is 156 Å². The topological polar surface area (TPSA) is 201 Å². The molecule has 0 spiro atoms. The standard InChI is InChI=1S/C34H62O16S2/c1-34(2,3)31-8-9-32(49-26-24-47-22-20-45-18-16-43-14-12-41-10-4-6-28-51(35,36)37)33(30-31)50-27-25-48-23-21-46-19-17-44-15-13-42-11-5-7-29-52(38,39)40/h8-9,30H,4-7,10-29H2,1-3H3,(H,35,36,37)(H,38,39,40). The molecule has 0 bridgehead atoms. The molecule has 0 radical (unpaired) electrons. The largest absolute Gasteiger partial charge is 0.487 e. The molecule has 0 aliphatic heterocycles. The van der Waals surface area contributed by atoms with Crippen molar-refractivity contribution in [3.8, 4) is 11.5 Å². The van der Waals surface area contributed by atoms with Crippen molar-refractivity contribution in [2.45, 2.75) is 51.9 Å². The van der Waals surface area contributed by atoms with Crippen LogP contribution in [-0.2, 0) is 63.5 Å². The van der Waals surface area contributed by atoms with Crippen LogP contribution in [0.5, 0.6) is 11.5 Å². The number of unbranched alkanes of at least 4 members (excludes halogenated alkanes) is 2. The van der Waals surface area contributed by atoms with E-state index in [4.69, 9.17) is 56.5 Å². The average Bonchev–Trinajstić information content (AvgIpc) is 3.06. The van der Waals surface area contributed by atoms with E-state index in [-0.39, 0.29) is 16.9 Å². The van der Waals surface area contributed by atoms with Crippen molar-refractivity contribution in [2.24, 2.45) is 0 Å². The number of benzene rings is 1. The third kappa shape index (κ3) is 30.7. The lowest BCUT2D eigenvalue weighted by Crippen LogP contribution is -2.16. The van der Waals surface area contributed by atoms with Gasteiger partial charge in [-0.15, -0.1) is 0 Å². The first-order valence-corrected chi connectivity index (χ1v) is 20.9. The van der Waals surface area contributed by atoms with E-state index in [2.05, 4.69) is 20.8 Å². The van der Waals surface area contributed by atoms with Crippen LogP contribution in [0.25, 0.3) is 0 Å². The van der Waals surface area contributed by atoms with Gasteiger partial charge in [-0.25, -0.2) is 0 Å². The molecule has 52 heavy (non-hydrogen) atoms. The van der Waals surface area contributed by atoms with Crippen LogP contribution in [0, 0.1) is 0 Å². The summed E-state index contributed by atoms with van der Waals surface area (Å²) in [5.74, 6) is 0.749. The molecule has 306 valence electrons. The molecule has 0 fully saturated rings. The molecule has 0 unspecified atom stereocenters. The van der Waals surface area contributed by atoms with E-state index in [0.29, 0.717) is 156 Å². The summed E-state index contributed by atoms with van der Waals surface area (Å²) in [5, 5.41) is 0. The summed E-state index contributed by atoms with van der Waals surface area (Å²) < 4.78 is 116. The monoisotopic (exact) mass is 790 g/mol. The fraction of sp³-hybridized carbons (Fsp3) is 0.824. The SMILES string of the molecule is CC(C)(C)c1ccc(OCCOCCOCCOCCOCCCCS(=O)(=O)O)c(OCCOCCOCCOCCOCCCCS(=O)(=O)O)c1. The molecule has 0 amide bonds. The lowest BCUT2D eigenvalue weighted by Gasteiger charge is -2.21. The van der Waals surface area contributed by atoms with Crippen LogP contribution in [0.1, 0.15) is 52.0 Å². The van der Waals surface area contributed by atoms with Gasteiger partial charge in [-0.2, -0.15) is 16.8 Å². The quantitative estimate of drug-likeness (QED) is 0.0741. The molecule has 1 aromatic rings. The fourth-order valence-corrected chi connectivity index (χ4v) is 5.27. The Bertz CT molecular complexity index is 1220. The van der Waals surface area contributed by atoms with Crippen molar-refractivity contribution >= 4 is 20.2 Å². The maximum absolute atomic E-state index is 10.6. The summed E-state index contributed by atoms with van der Waals surface area (Å²) >= 11 is 0. The molecule has 18 heteroatoms. The number of hydrogen-bond donors (Lipinski definition) is 2. The van der Waals surface area contributed by atoms with Crippen LogP contribution in [0.15, 0.2) is 18.2 Å². The lowest BCUT2D eigenvalue weighted by atomic mass is 9.87. The Morgan fingerprint density at radius 3 is 1.08 bits per heavy atom. The van der Waals surface area contributed by atoms with E-state index >= 15 is 0 Å². The minimum atomic E-state index is -3.91. The van der Waals surface area contributed by atoms with Crippen molar-refractivity contribution in [3.63, 3.8) is 0 Å². The van der Waals surface area contributed by atoms with Gasteiger partial charge < -0.3 is 47.4 Å². The lowest BCUT2D eigenvalue weighted by molar-refractivity contribution is -0.00560. The Kier molecular flexibility index (Phi) is 27.6. The summed E-state index contributed by atoms with van der Waals surface area (Å²) in [6, 6.07) is 5.93. The van der Waals surface area contributed by atoms with E-state index in [1.54, 1.807) is 0 Å². The minimum absolute atomic E-state index is 0.0626. The molecule has 2 N–H and O–H groups in total. The van der Waals surface area contributed by atoms with Crippen molar-refractivity contribution in [1.29, 1.82) is 0 Å². The number of hydrogen-bond acceptors (Lipinski definition) is 14. The van der Waals surface area contributed by atoms with Crippen LogP contribution in [0.2, 0.25) is 0 Å². The van der Waals surface area contributed by atoms with E-state index in [9.17, 15) is 16.8 Å². The third-order valence-electron chi connectivity index (χ3n) is 6.89. The molecular weight excluding hydrogens is 728 g/mol. The fourth-order valence-electron chi connectivity index (χ4n) is 4.13. The Labute approximate surface area is 310 Å². The first kappa shape index (κ1) is 48.3. The van der Waals surface area contributed by atoms with Crippen LogP contribution < -0.4 is 9.47 Å². The van der Waals surface area contributed by atoms with Crippen molar-refractivity contribution in [1.82, 2.24) is 0 Å². The highest BCUT2D eigenvalue weighted by Crippen LogP contribution is 2.33. The molecule has 0 atom stereocenters. The highest BCUT2D eigenvalue weighted by atomic mass is 32.2. The Morgan fingerprint density at radius 1 is 0.442 bits per heavy atom. The second-order valence-electron chi connectivity index (χ2n) is 12.5. The van der Waals surface area contributed by atoms with Crippen LogP contribution in [0.4, 0.5) is 0 Å². The van der Waals surface area contributed by atoms with Gasteiger partial charge in [0.15, 0.2) is 11.5 Å². The predicted octanol–water partition coefficient (Wildman–Crippen LogP) is 3.21. The summed E-state index contributed by atoms with van der Waals surface area (Å²) in [4.78, 5) is 0. The first-order chi connectivity index (χ1) is 24.8. The average molecular weight is 791 g/mol. The summed E-state index contributed by atoms with van der Waals surface area (Å²) in [5.41, 5.74) is 1.06. The van der Waals surface area contributed by atoms with E-state index < -0.39 is 20.2 Å². The minimum Gasteiger partial charge on any atom is -0.487 e. The second-order valence-corrected chi connectivity index (χ2v) is 15.6. The van der Waals surface area contributed by atoms with Gasteiger partial charge in [-0.05, 0) is 48.8 Å². The zero-order valence-corrected chi connectivity index (χ0v) is 32.8. The maximum Gasteiger partial charge on any atom is 0.264 e. The van der Waals surface area contributed by atoms with Gasteiger partial charge in [0.1, 0.15) is 13.2 Å². The van der Waals surface area contributed by atoms with Crippen molar-refractivity contribution < 1.29 is 73.3 Å². The third-order valence-corrected chi connectivity index (χ3v) is 8.50. The van der Waals surface area contributed by atoms with Gasteiger partial charge in [0.2, 0.25) is 0 Å². The molecule has 0 saturated heterocycles. The highest BCUT2D eigenvalue weighted by molar-refractivity contribution is 7.86. The number of rotatable bonds is 36. The molecule has 1 aromatic carbocycles. The van der Waals surface area contributed by atoms with Crippen molar-refractivity contribution in [3.05, 3.63) is 23.8 Å². The molecule has 0 aromatic heterocycles. The second kappa shape index (κ2) is 29.6. The molecule has 0 saturated carbocycles. The highest BCUT2D eigenvalue weighted by Gasteiger charge is 2.17. The molecule has 1 rings (SSSR count). The molecular formula is C34H62O16S2. The van der Waals surface area contributed by atoms with E-state index in [0.717, 1.165) is 5.56 Å². The van der Waals surface area contributed by atoms with Gasteiger partial charge in [0.05, 0.1) is 104 Å². The van der Waals surface area contributed by atoms with Gasteiger partial charge >= 0.3 is 0 Å². The maximum atomic E-state index is 10.6. The Hall–Kier alpha value is -1.68. The zero-order valence-electron chi connectivity index (χ0n) is 31.1. The van der Waals surface area contributed by atoms with Crippen LogP contribution in [0.3, 0.4) is 0 Å². The molecule has 16 nitrogen and oxygen atoms in total. The zero-order chi connectivity index (χ0) is 38.4. The van der Waals surface area contributed by atoms with E-state index in [1.165, 1.54) is 0 Å². The molecule has 0 heterocycles.